The quantitative estimate of drug-likeness (QED) is 0.683. The lowest BCUT2D eigenvalue weighted by Gasteiger charge is -2.52. The number of nitrogens with one attached hydrogen (secondary N) is 2. The second-order valence-corrected chi connectivity index (χ2v) is 10.3. The van der Waals surface area contributed by atoms with Crippen molar-refractivity contribution in [1.29, 1.82) is 0 Å². The van der Waals surface area contributed by atoms with E-state index in [-0.39, 0.29) is 22.6 Å². The van der Waals surface area contributed by atoms with Crippen molar-refractivity contribution in [3.63, 3.8) is 0 Å². The number of aromatic hydroxyl groups is 1. The summed E-state index contributed by atoms with van der Waals surface area (Å²) in [6, 6.07) is 8.00. The number of rotatable bonds is 1. The Kier molecular flexibility index (Phi) is 4.73. The van der Waals surface area contributed by atoms with Gasteiger partial charge in [-0.25, -0.2) is 0 Å². The van der Waals surface area contributed by atoms with E-state index < -0.39 is 0 Å². The summed E-state index contributed by atoms with van der Waals surface area (Å²) in [6.07, 6.45) is 0. The topological polar surface area (TPSA) is 73.3 Å². The number of benzene rings is 1. The molecule has 1 unspecified atom stereocenters. The smallest absolute Gasteiger partial charge is 0.172 e. The molecule has 0 bridgehead atoms. The molecule has 1 aromatic heterocycles. The fourth-order valence-electron chi connectivity index (χ4n) is 4.72. The van der Waals surface area contributed by atoms with Crippen LogP contribution in [0.2, 0.25) is 0 Å². The normalized spacial score (nSPS) is 21.9. The Bertz CT molecular complexity index is 912. The van der Waals surface area contributed by atoms with Gasteiger partial charge in [0.2, 0.25) is 0 Å². The van der Waals surface area contributed by atoms with Gasteiger partial charge in [0.15, 0.2) is 5.82 Å². The Morgan fingerprint density at radius 1 is 1.07 bits per heavy atom. The zero-order chi connectivity index (χ0) is 21.0. The summed E-state index contributed by atoms with van der Waals surface area (Å²) in [5.41, 5.74) is 3.69. The molecule has 1 fully saturated rings. The van der Waals surface area contributed by atoms with Crippen LogP contribution in [0.5, 0.6) is 5.75 Å². The molecule has 4 rings (SSSR count). The van der Waals surface area contributed by atoms with Crippen LogP contribution in [0.15, 0.2) is 24.3 Å². The zero-order valence-corrected chi connectivity index (χ0v) is 18.4. The number of phenols is 1. The number of para-hydroxylation sites is 1. The van der Waals surface area contributed by atoms with E-state index >= 15 is 0 Å². The molecule has 3 heterocycles. The lowest BCUT2D eigenvalue weighted by Crippen LogP contribution is -2.64. The van der Waals surface area contributed by atoms with E-state index in [2.05, 4.69) is 67.3 Å². The van der Waals surface area contributed by atoms with Crippen LogP contribution in [0.3, 0.4) is 0 Å². The van der Waals surface area contributed by atoms with E-state index in [1.165, 1.54) is 0 Å². The van der Waals surface area contributed by atoms with Crippen LogP contribution in [0.25, 0.3) is 11.3 Å². The maximum absolute atomic E-state index is 10.5. The number of aromatic nitrogens is 2. The van der Waals surface area contributed by atoms with Crippen molar-refractivity contribution in [1.82, 2.24) is 15.5 Å². The van der Waals surface area contributed by atoms with Crippen LogP contribution < -0.4 is 15.5 Å². The van der Waals surface area contributed by atoms with Crippen LogP contribution in [0, 0.1) is 5.41 Å². The van der Waals surface area contributed by atoms with Crippen LogP contribution in [0.4, 0.5) is 11.5 Å². The highest BCUT2D eigenvalue weighted by Crippen LogP contribution is 2.47. The first-order valence-electron chi connectivity index (χ1n) is 10.5. The lowest BCUT2D eigenvalue weighted by atomic mass is 9.77. The molecule has 0 radical (unpaired) electrons. The van der Waals surface area contributed by atoms with E-state index in [0.717, 1.165) is 48.0 Å². The van der Waals surface area contributed by atoms with Crippen molar-refractivity contribution in [2.24, 2.45) is 5.41 Å². The third kappa shape index (κ3) is 3.44. The van der Waals surface area contributed by atoms with Crippen molar-refractivity contribution in [3.8, 4) is 17.0 Å². The maximum atomic E-state index is 10.5. The molecular weight excluding hydrogens is 362 g/mol. The first kappa shape index (κ1) is 20.0. The monoisotopic (exact) mass is 395 g/mol. The standard InChI is InChI=1S/C23H33N5O/c1-22(2,3)17-18(14-9-7-8-10-16(14)29)26-27-21-19(17)28-12-11-24-13-15(28)20(25-21)23(4,5)6/h7-10,15,20,24,29H,11-13H2,1-6H3,(H,25,27)/t15?,20-/m0/s1. The molecule has 156 valence electrons. The minimum Gasteiger partial charge on any atom is -0.507 e. The minimum absolute atomic E-state index is 0.0829. The van der Waals surface area contributed by atoms with Gasteiger partial charge in [0.1, 0.15) is 11.4 Å². The molecule has 29 heavy (non-hydrogen) atoms. The number of phenolic OH excluding ortho intramolecular Hbond substituents is 1. The van der Waals surface area contributed by atoms with Gasteiger partial charge in [0.05, 0.1) is 17.8 Å². The third-order valence-corrected chi connectivity index (χ3v) is 6.04. The average Bonchev–Trinajstić information content (AvgIpc) is 2.65. The van der Waals surface area contributed by atoms with E-state index in [1.54, 1.807) is 6.07 Å². The Morgan fingerprint density at radius 2 is 1.79 bits per heavy atom. The van der Waals surface area contributed by atoms with Crippen LogP contribution >= 0.6 is 0 Å². The molecule has 2 aliphatic rings. The molecule has 0 amide bonds. The highest BCUT2D eigenvalue weighted by atomic mass is 16.3. The number of hydrogen-bond acceptors (Lipinski definition) is 6. The molecular formula is C23H33N5O. The predicted molar refractivity (Wildman–Crippen MR) is 119 cm³/mol. The van der Waals surface area contributed by atoms with Crippen molar-refractivity contribution >= 4 is 11.5 Å². The van der Waals surface area contributed by atoms with Gasteiger partial charge in [-0.15, -0.1) is 10.2 Å². The SMILES string of the molecule is CC(C)(C)c1c(-c2ccccc2O)nnc2c1N1CCNCC1[C@@H](C(C)(C)C)N2. The second kappa shape index (κ2) is 6.87. The van der Waals surface area contributed by atoms with Crippen LogP contribution in [0.1, 0.15) is 47.1 Å². The summed E-state index contributed by atoms with van der Waals surface area (Å²) in [5, 5.41) is 27.1. The third-order valence-electron chi connectivity index (χ3n) is 6.04. The molecule has 3 N–H and O–H groups in total. The molecule has 2 atom stereocenters. The summed E-state index contributed by atoms with van der Waals surface area (Å²) in [6.45, 7) is 16.3. The minimum atomic E-state index is -0.163. The van der Waals surface area contributed by atoms with Crippen molar-refractivity contribution in [2.75, 3.05) is 29.9 Å². The molecule has 2 aromatic rings. The highest BCUT2D eigenvalue weighted by molar-refractivity contribution is 5.83. The fourth-order valence-corrected chi connectivity index (χ4v) is 4.72. The van der Waals surface area contributed by atoms with Crippen molar-refractivity contribution in [3.05, 3.63) is 29.8 Å². The molecule has 6 heteroatoms. The van der Waals surface area contributed by atoms with E-state index in [0.29, 0.717) is 6.04 Å². The number of fused-ring (bicyclic) bond motifs is 3. The lowest BCUT2D eigenvalue weighted by molar-refractivity contribution is 0.267. The zero-order valence-electron chi connectivity index (χ0n) is 18.4. The van der Waals surface area contributed by atoms with E-state index in [9.17, 15) is 5.11 Å². The highest BCUT2D eigenvalue weighted by Gasteiger charge is 2.44. The maximum Gasteiger partial charge on any atom is 0.172 e. The van der Waals surface area contributed by atoms with Gasteiger partial charge in [-0.3, -0.25) is 0 Å². The van der Waals surface area contributed by atoms with Gasteiger partial charge in [0.25, 0.3) is 0 Å². The summed E-state index contributed by atoms with van der Waals surface area (Å²) in [7, 11) is 0. The Morgan fingerprint density at radius 3 is 2.45 bits per heavy atom. The van der Waals surface area contributed by atoms with Gasteiger partial charge in [-0.1, -0.05) is 53.7 Å². The molecule has 0 aliphatic carbocycles. The Balaban J connectivity index is 1.97. The summed E-state index contributed by atoms with van der Waals surface area (Å²) in [4.78, 5) is 2.52. The van der Waals surface area contributed by atoms with Gasteiger partial charge in [-0.05, 0) is 23.0 Å². The number of hydrogen-bond donors (Lipinski definition) is 3. The second-order valence-electron chi connectivity index (χ2n) is 10.3. The summed E-state index contributed by atoms with van der Waals surface area (Å²) in [5.74, 6) is 1.09. The van der Waals surface area contributed by atoms with Gasteiger partial charge >= 0.3 is 0 Å². The number of piperazine rings is 1. The Hall–Kier alpha value is -2.34. The van der Waals surface area contributed by atoms with Crippen molar-refractivity contribution < 1.29 is 5.11 Å². The molecule has 6 nitrogen and oxygen atoms in total. The fraction of sp³-hybridized carbons (Fsp3) is 0.565. The summed E-state index contributed by atoms with van der Waals surface area (Å²) >= 11 is 0. The average molecular weight is 396 g/mol. The molecule has 0 saturated carbocycles. The molecule has 1 saturated heterocycles. The predicted octanol–water partition coefficient (Wildman–Crippen LogP) is 3.77. The first-order chi connectivity index (χ1) is 13.6. The molecule has 2 aliphatic heterocycles. The largest absolute Gasteiger partial charge is 0.507 e. The van der Waals surface area contributed by atoms with Crippen LogP contribution in [-0.2, 0) is 5.41 Å². The van der Waals surface area contributed by atoms with Gasteiger partial charge in [-0.2, -0.15) is 0 Å². The van der Waals surface area contributed by atoms with Crippen LogP contribution in [-0.4, -0.2) is 47.0 Å². The van der Waals surface area contributed by atoms with Crippen molar-refractivity contribution in [2.45, 2.75) is 59.0 Å². The molecule has 0 spiro atoms. The first-order valence-corrected chi connectivity index (χ1v) is 10.5. The molecule has 1 aromatic carbocycles. The van der Waals surface area contributed by atoms with Gasteiger partial charge < -0.3 is 20.6 Å². The number of nitrogens with zero attached hydrogens (tertiary/aromatic N) is 3. The summed E-state index contributed by atoms with van der Waals surface area (Å²) < 4.78 is 0. The Labute approximate surface area is 173 Å². The van der Waals surface area contributed by atoms with E-state index in [1.807, 2.05) is 18.2 Å². The van der Waals surface area contributed by atoms with E-state index in [4.69, 9.17) is 0 Å². The number of anilines is 2. The van der Waals surface area contributed by atoms with Gasteiger partial charge in [0, 0.05) is 30.8 Å².